The number of fused-ring (bicyclic) bond motifs is 5. The largest absolute Gasteiger partial charge is 0.462 e. The minimum atomic E-state index is -0.525. The van der Waals surface area contributed by atoms with Gasteiger partial charge in [-0.25, -0.2) is 0 Å². The number of hydrogen-bond acceptors (Lipinski definition) is 6. The zero-order chi connectivity index (χ0) is 22.6. The molecule has 1 unspecified atom stereocenters. The molecule has 0 amide bonds. The molecule has 0 aromatic carbocycles. The predicted molar refractivity (Wildman–Crippen MR) is 113 cm³/mol. The molecule has 0 aromatic rings. The van der Waals surface area contributed by atoms with Crippen LogP contribution >= 0.6 is 0 Å². The van der Waals surface area contributed by atoms with E-state index in [9.17, 15) is 19.2 Å². The first-order valence-electron chi connectivity index (χ1n) is 11.6. The third kappa shape index (κ3) is 3.66. The molecule has 0 spiro atoms. The summed E-state index contributed by atoms with van der Waals surface area (Å²) in [7, 11) is 0. The normalized spacial score (nSPS) is 40.2. The molecule has 4 rings (SSSR count). The molecule has 31 heavy (non-hydrogen) atoms. The second kappa shape index (κ2) is 7.86. The van der Waals surface area contributed by atoms with Gasteiger partial charge in [0.2, 0.25) is 0 Å². The predicted octanol–water partition coefficient (Wildman–Crippen LogP) is 3.81. The Bertz CT molecular complexity index is 843. The Morgan fingerprint density at radius 1 is 1.10 bits per heavy atom. The molecular weight excluding hydrogens is 396 g/mol. The first-order valence-corrected chi connectivity index (χ1v) is 11.6. The van der Waals surface area contributed by atoms with Crippen LogP contribution in [0, 0.1) is 34.5 Å². The Morgan fingerprint density at radius 3 is 2.52 bits per heavy atom. The summed E-state index contributed by atoms with van der Waals surface area (Å²) in [6, 6.07) is 0. The van der Waals surface area contributed by atoms with E-state index in [2.05, 4.69) is 13.8 Å². The smallest absolute Gasteiger partial charge is 0.303 e. The van der Waals surface area contributed by atoms with Gasteiger partial charge in [0.05, 0.1) is 0 Å². The Kier molecular flexibility index (Phi) is 5.63. The van der Waals surface area contributed by atoms with Gasteiger partial charge in [0.25, 0.3) is 0 Å². The van der Waals surface area contributed by atoms with E-state index in [0.29, 0.717) is 24.7 Å². The molecule has 7 atom stereocenters. The molecule has 0 bridgehead atoms. The molecular formula is C25H34O6. The summed E-state index contributed by atoms with van der Waals surface area (Å²) in [5.74, 6) is 0.298. The Balaban J connectivity index is 1.63. The molecule has 170 valence electrons. The Morgan fingerprint density at radius 2 is 1.84 bits per heavy atom. The van der Waals surface area contributed by atoms with E-state index < -0.39 is 18.0 Å². The molecule has 0 N–H and O–H groups in total. The lowest BCUT2D eigenvalue weighted by Crippen LogP contribution is -2.56. The Labute approximate surface area is 184 Å². The van der Waals surface area contributed by atoms with E-state index in [1.807, 2.05) is 6.08 Å². The summed E-state index contributed by atoms with van der Waals surface area (Å²) in [6.45, 7) is 7.12. The minimum absolute atomic E-state index is 0.0108. The van der Waals surface area contributed by atoms with Gasteiger partial charge < -0.3 is 9.47 Å². The molecule has 0 heterocycles. The van der Waals surface area contributed by atoms with Gasteiger partial charge in [-0.3, -0.25) is 19.2 Å². The Hall–Kier alpha value is -1.98. The fourth-order valence-electron chi connectivity index (χ4n) is 7.68. The maximum Gasteiger partial charge on any atom is 0.303 e. The molecule has 6 nitrogen and oxygen atoms in total. The lowest BCUT2D eigenvalue weighted by Gasteiger charge is -2.57. The van der Waals surface area contributed by atoms with Gasteiger partial charge in [0, 0.05) is 38.5 Å². The van der Waals surface area contributed by atoms with Crippen molar-refractivity contribution in [1.29, 1.82) is 0 Å². The highest BCUT2D eigenvalue weighted by atomic mass is 16.6. The van der Waals surface area contributed by atoms with Crippen molar-refractivity contribution in [3.8, 4) is 0 Å². The van der Waals surface area contributed by atoms with Gasteiger partial charge in [-0.15, -0.1) is 0 Å². The molecule has 6 heteroatoms. The number of carbonyl (C=O) groups excluding carboxylic acids is 4. The maximum absolute atomic E-state index is 13.7. The number of allylic oxidation sites excluding steroid dienone is 1. The van der Waals surface area contributed by atoms with Crippen LogP contribution in [0.1, 0.15) is 72.6 Å². The standard InChI is InChI=1S/C25H34O6/c1-14(26)30-13-22(31-15(2)27)20-8-7-19-18-6-5-16-11-17(28)9-10-24(16,3)23(18)21(29)12-25(19,20)4/h11,18-20,22-23H,5-10,12-13H2,1-4H3/t18-,19-,20+,22?,23+,24-,25-/m0/s1. The number of ether oxygens (including phenoxy) is 2. The van der Waals surface area contributed by atoms with Gasteiger partial charge >= 0.3 is 11.9 Å². The van der Waals surface area contributed by atoms with Gasteiger partial charge in [0.1, 0.15) is 18.5 Å². The highest BCUT2D eigenvalue weighted by Gasteiger charge is 2.63. The van der Waals surface area contributed by atoms with Crippen LogP contribution in [-0.4, -0.2) is 36.2 Å². The second-order valence-corrected chi connectivity index (χ2v) is 10.6. The summed E-state index contributed by atoms with van der Waals surface area (Å²) in [4.78, 5) is 48.9. The SMILES string of the molecule is CC(=O)OCC(OC(C)=O)[C@H]1CC[C@H]2[C@@H]3CCC4=CC(=O)CC[C@]4(C)[C@H]3C(=O)C[C@]12C. The molecule has 4 aliphatic rings. The molecule has 0 saturated heterocycles. The number of carbonyl (C=O) groups is 4. The van der Waals surface area contributed by atoms with Crippen LogP contribution in [0.5, 0.6) is 0 Å². The highest BCUT2D eigenvalue weighted by molar-refractivity contribution is 5.93. The van der Waals surface area contributed by atoms with Gasteiger partial charge in [-0.2, -0.15) is 0 Å². The van der Waals surface area contributed by atoms with E-state index in [0.717, 1.165) is 32.1 Å². The van der Waals surface area contributed by atoms with Gasteiger partial charge in [-0.05, 0) is 60.8 Å². The molecule has 4 aliphatic carbocycles. The number of hydrogen-bond donors (Lipinski definition) is 0. The van der Waals surface area contributed by atoms with Crippen LogP contribution in [-0.2, 0) is 28.7 Å². The third-order valence-corrected chi connectivity index (χ3v) is 8.94. The van der Waals surface area contributed by atoms with Gasteiger partial charge in [0.15, 0.2) is 5.78 Å². The highest BCUT2D eigenvalue weighted by Crippen LogP contribution is 2.66. The lowest BCUT2D eigenvalue weighted by atomic mass is 9.46. The summed E-state index contributed by atoms with van der Waals surface area (Å²) in [6.07, 6.45) is 6.69. The summed E-state index contributed by atoms with van der Waals surface area (Å²) in [5.41, 5.74) is 0.685. The molecule has 0 aliphatic heterocycles. The van der Waals surface area contributed by atoms with Crippen molar-refractivity contribution in [3.63, 3.8) is 0 Å². The topological polar surface area (TPSA) is 86.7 Å². The first kappa shape index (κ1) is 22.2. The van der Waals surface area contributed by atoms with Crippen LogP contribution in [0.3, 0.4) is 0 Å². The number of ketones is 2. The third-order valence-electron chi connectivity index (χ3n) is 8.94. The van der Waals surface area contributed by atoms with E-state index in [1.54, 1.807) is 0 Å². The van der Waals surface area contributed by atoms with Crippen molar-refractivity contribution < 1.29 is 28.7 Å². The molecule has 0 radical (unpaired) electrons. The summed E-state index contributed by atoms with van der Waals surface area (Å²) >= 11 is 0. The monoisotopic (exact) mass is 430 g/mol. The first-order chi connectivity index (χ1) is 14.6. The molecule has 3 fully saturated rings. The van der Waals surface area contributed by atoms with Crippen LogP contribution in [0.4, 0.5) is 0 Å². The number of Topliss-reactive ketones (excluding diaryl/α,β-unsaturated/α-hetero) is 1. The lowest BCUT2D eigenvalue weighted by molar-refractivity contribution is -0.167. The number of esters is 2. The maximum atomic E-state index is 13.7. The van der Waals surface area contributed by atoms with E-state index >= 15 is 0 Å². The van der Waals surface area contributed by atoms with E-state index in [1.165, 1.54) is 19.4 Å². The van der Waals surface area contributed by atoms with Crippen molar-refractivity contribution in [1.82, 2.24) is 0 Å². The van der Waals surface area contributed by atoms with Crippen molar-refractivity contribution in [3.05, 3.63) is 11.6 Å². The second-order valence-electron chi connectivity index (χ2n) is 10.6. The zero-order valence-electron chi connectivity index (χ0n) is 19.1. The molecule has 0 aromatic heterocycles. The van der Waals surface area contributed by atoms with Gasteiger partial charge in [-0.1, -0.05) is 19.4 Å². The van der Waals surface area contributed by atoms with Crippen molar-refractivity contribution in [2.45, 2.75) is 78.7 Å². The zero-order valence-corrected chi connectivity index (χ0v) is 19.1. The van der Waals surface area contributed by atoms with Crippen molar-refractivity contribution in [2.75, 3.05) is 6.61 Å². The van der Waals surface area contributed by atoms with Crippen LogP contribution < -0.4 is 0 Å². The fourth-order valence-corrected chi connectivity index (χ4v) is 7.68. The van der Waals surface area contributed by atoms with Crippen molar-refractivity contribution >= 4 is 23.5 Å². The summed E-state index contributed by atoms with van der Waals surface area (Å²) < 4.78 is 10.8. The molecule has 3 saturated carbocycles. The van der Waals surface area contributed by atoms with Crippen LogP contribution in [0.2, 0.25) is 0 Å². The minimum Gasteiger partial charge on any atom is -0.462 e. The van der Waals surface area contributed by atoms with Crippen molar-refractivity contribution in [2.24, 2.45) is 34.5 Å². The van der Waals surface area contributed by atoms with Crippen LogP contribution in [0.25, 0.3) is 0 Å². The van der Waals surface area contributed by atoms with Crippen LogP contribution in [0.15, 0.2) is 11.6 Å². The number of rotatable bonds is 4. The quantitative estimate of drug-likeness (QED) is 0.631. The summed E-state index contributed by atoms with van der Waals surface area (Å²) in [5, 5.41) is 0. The van der Waals surface area contributed by atoms with E-state index in [-0.39, 0.29) is 40.8 Å². The average Bonchev–Trinajstić information content (AvgIpc) is 3.01. The van der Waals surface area contributed by atoms with E-state index in [4.69, 9.17) is 9.47 Å². The fraction of sp³-hybridized carbons (Fsp3) is 0.760. The average molecular weight is 431 g/mol.